The van der Waals surface area contributed by atoms with Crippen molar-refractivity contribution in [2.45, 2.75) is 38.8 Å². The lowest BCUT2D eigenvalue weighted by molar-refractivity contribution is -0.163. The van der Waals surface area contributed by atoms with E-state index in [1.165, 1.54) is 11.1 Å². The first-order valence-electron chi connectivity index (χ1n) is 8.23. The van der Waals surface area contributed by atoms with Crippen LogP contribution in [0.3, 0.4) is 0 Å². The fraction of sp³-hybridized carbons (Fsp3) is 0.611. The minimum atomic E-state index is -0.612. The monoisotopic (exact) mass is 302 g/mol. The van der Waals surface area contributed by atoms with Gasteiger partial charge in [-0.2, -0.15) is 0 Å². The summed E-state index contributed by atoms with van der Waals surface area (Å²) < 4.78 is 0. The first-order chi connectivity index (χ1) is 10.5. The number of nitrogens with zero attached hydrogens (tertiary/aromatic N) is 2. The molecular formula is C18H26N2O2. The first-order valence-corrected chi connectivity index (χ1v) is 8.23. The van der Waals surface area contributed by atoms with Gasteiger partial charge in [0.05, 0.1) is 5.41 Å². The van der Waals surface area contributed by atoms with Gasteiger partial charge in [0, 0.05) is 25.7 Å². The molecule has 2 fully saturated rings. The molecule has 1 aromatic carbocycles. The zero-order valence-electron chi connectivity index (χ0n) is 13.6. The van der Waals surface area contributed by atoms with Gasteiger partial charge in [0.2, 0.25) is 0 Å². The molecule has 0 aliphatic carbocycles. The molecule has 2 atom stereocenters. The molecule has 4 heteroatoms. The van der Waals surface area contributed by atoms with Crippen LogP contribution in [0.1, 0.15) is 30.4 Å². The largest absolute Gasteiger partial charge is 0.481 e. The summed E-state index contributed by atoms with van der Waals surface area (Å²) in [7, 11) is 2.08. The van der Waals surface area contributed by atoms with Crippen molar-refractivity contribution >= 4 is 5.97 Å². The number of fused-ring (bicyclic) bond motifs is 1. The van der Waals surface area contributed by atoms with Gasteiger partial charge in [0.25, 0.3) is 0 Å². The molecule has 0 saturated carbocycles. The number of likely N-dealkylation sites (tertiary alicyclic amines) is 2. The third kappa shape index (κ3) is 2.66. The molecule has 4 nitrogen and oxygen atoms in total. The quantitative estimate of drug-likeness (QED) is 0.931. The van der Waals surface area contributed by atoms with E-state index in [9.17, 15) is 9.90 Å². The van der Waals surface area contributed by atoms with E-state index in [2.05, 4.69) is 48.0 Å². The van der Waals surface area contributed by atoms with Gasteiger partial charge in [-0.05, 0) is 50.9 Å². The fourth-order valence-electron chi connectivity index (χ4n) is 4.33. The Hall–Kier alpha value is -1.39. The lowest BCUT2D eigenvalue weighted by Gasteiger charge is -2.52. The number of piperidine rings is 2. The summed E-state index contributed by atoms with van der Waals surface area (Å²) in [6, 6.07) is 8.59. The maximum absolute atomic E-state index is 12.1. The molecular weight excluding hydrogens is 276 g/mol. The molecule has 2 aliphatic rings. The maximum Gasteiger partial charge on any atom is 0.312 e. The predicted octanol–water partition coefficient (Wildman–Crippen LogP) is 2.37. The Morgan fingerprint density at radius 2 is 2.14 bits per heavy atom. The molecule has 0 bridgehead atoms. The number of carboxylic acid groups (broad SMARTS) is 1. The van der Waals surface area contributed by atoms with Crippen molar-refractivity contribution in [1.29, 1.82) is 0 Å². The molecule has 2 aliphatic heterocycles. The maximum atomic E-state index is 12.1. The van der Waals surface area contributed by atoms with Gasteiger partial charge in [-0.25, -0.2) is 0 Å². The lowest BCUT2D eigenvalue weighted by Crippen LogP contribution is -2.63. The van der Waals surface area contributed by atoms with Gasteiger partial charge in [0.1, 0.15) is 0 Å². The van der Waals surface area contributed by atoms with E-state index in [0.717, 1.165) is 38.9 Å². The SMILES string of the molecule is Cc1ccccc1CN1CC[C@H]2N(C)CCC[C@]2(C(=O)O)C1. The number of hydrogen-bond acceptors (Lipinski definition) is 3. The molecule has 3 rings (SSSR count). The van der Waals surface area contributed by atoms with Crippen LogP contribution in [-0.4, -0.2) is 53.6 Å². The molecule has 0 radical (unpaired) electrons. The second-order valence-electron chi connectivity index (χ2n) is 6.99. The number of rotatable bonds is 3. The number of aryl methyl sites for hydroxylation is 1. The van der Waals surface area contributed by atoms with Crippen LogP contribution < -0.4 is 0 Å². The van der Waals surface area contributed by atoms with E-state index in [-0.39, 0.29) is 6.04 Å². The summed E-state index contributed by atoms with van der Waals surface area (Å²) in [4.78, 5) is 16.7. The summed E-state index contributed by atoms with van der Waals surface area (Å²) in [6.45, 7) is 5.67. The Kier molecular flexibility index (Phi) is 4.24. The zero-order valence-corrected chi connectivity index (χ0v) is 13.6. The van der Waals surface area contributed by atoms with E-state index >= 15 is 0 Å². The Morgan fingerprint density at radius 1 is 1.36 bits per heavy atom. The Balaban J connectivity index is 1.80. The summed E-state index contributed by atoms with van der Waals surface area (Å²) in [6.07, 6.45) is 2.74. The minimum absolute atomic E-state index is 0.187. The molecule has 0 amide bonds. The third-order valence-electron chi connectivity index (χ3n) is 5.61. The highest BCUT2D eigenvalue weighted by Crippen LogP contribution is 2.41. The Morgan fingerprint density at radius 3 is 2.86 bits per heavy atom. The summed E-state index contributed by atoms with van der Waals surface area (Å²) in [5.41, 5.74) is 2.01. The van der Waals surface area contributed by atoms with Gasteiger partial charge >= 0.3 is 5.97 Å². The number of carbonyl (C=O) groups is 1. The highest BCUT2D eigenvalue weighted by molar-refractivity contribution is 5.76. The van der Waals surface area contributed by atoms with Crippen molar-refractivity contribution in [3.05, 3.63) is 35.4 Å². The smallest absolute Gasteiger partial charge is 0.312 e. The van der Waals surface area contributed by atoms with Gasteiger partial charge in [-0.3, -0.25) is 9.69 Å². The number of benzene rings is 1. The van der Waals surface area contributed by atoms with E-state index in [1.807, 2.05) is 0 Å². The van der Waals surface area contributed by atoms with Crippen LogP contribution in [0.2, 0.25) is 0 Å². The average Bonchev–Trinajstić information content (AvgIpc) is 2.49. The second kappa shape index (κ2) is 6.01. The number of aliphatic carboxylic acids is 1. The predicted molar refractivity (Wildman–Crippen MR) is 86.8 cm³/mol. The van der Waals surface area contributed by atoms with E-state index in [1.54, 1.807) is 0 Å². The molecule has 120 valence electrons. The summed E-state index contributed by atoms with van der Waals surface area (Å²) in [5, 5.41) is 9.93. The lowest BCUT2D eigenvalue weighted by atomic mass is 9.69. The van der Waals surface area contributed by atoms with Crippen LogP contribution in [-0.2, 0) is 11.3 Å². The van der Waals surface area contributed by atoms with Gasteiger partial charge < -0.3 is 10.0 Å². The van der Waals surface area contributed by atoms with Crippen molar-refractivity contribution in [2.24, 2.45) is 5.41 Å². The normalized spacial score (nSPS) is 30.0. The van der Waals surface area contributed by atoms with Crippen LogP contribution in [0.25, 0.3) is 0 Å². The van der Waals surface area contributed by atoms with Crippen LogP contribution in [0.5, 0.6) is 0 Å². The molecule has 0 unspecified atom stereocenters. The topological polar surface area (TPSA) is 43.8 Å². The highest BCUT2D eigenvalue weighted by atomic mass is 16.4. The first kappa shape index (κ1) is 15.5. The van der Waals surface area contributed by atoms with Crippen LogP contribution in [0.4, 0.5) is 0 Å². The van der Waals surface area contributed by atoms with Crippen molar-refractivity contribution in [3.8, 4) is 0 Å². The van der Waals surface area contributed by atoms with E-state index in [0.29, 0.717) is 6.54 Å². The summed E-state index contributed by atoms with van der Waals surface area (Å²) >= 11 is 0. The van der Waals surface area contributed by atoms with E-state index < -0.39 is 11.4 Å². The van der Waals surface area contributed by atoms with Crippen molar-refractivity contribution in [3.63, 3.8) is 0 Å². The number of hydrogen-bond donors (Lipinski definition) is 1. The third-order valence-corrected chi connectivity index (χ3v) is 5.61. The van der Waals surface area contributed by atoms with Crippen molar-refractivity contribution in [2.75, 3.05) is 26.7 Å². The molecule has 0 aromatic heterocycles. The van der Waals surface area contributed by atoms with Gasteiger partial charge in [0.15, 0.2) is 0 Å². The van der Waals surface area contributed by atoms with Crippen LogP contribution in [0.15, 0.2) is 24.3 Å². The second-order valence-corrected chi connectivity index (χ2v) is 6.99. The van der Waals surface area contributed by atoms with E-state index in [4.69, 9.17) is 0 Å². The van der Waals surface area contributed by atoms with Crippen LogP contribution in [0, 0.1) is 12.3 Å². The fourth-order valence-corrected chi connectivity index (χ4v) is 4.33. The minimum Gasteiger partial charge on any atom is -0.481 e. The average molecular weight is 302 g/mol. The van der Waals surface area contributed by atoms with Gasteiger partial charge in [-0.15, -0.1) is 0 Å². The Bertz CT molecular complexity index is 560. The van der Waals surface area contributed by atoms with Crippen molar-refractivity contribution in [1.82, 2.24) is 9.80 Å². The molecule has 1 N–H and O–H groups in total. The number of carboxylic acids is 1. The molecule has 22 heavy (non-hydrogen) atoms. The summed E-state index contributed by atoms with van der Waals surface area (Å²) in [5.74, 6) is -0.612. The molecule has 2 saturated heterocycles. The molecule has 2 heterocycles. The van der Waals surface area contributed by atoms with Crippen molar-refractivity contribution < 1.29 is 9.90 Å². The zero-order chi connectivity index (χ0) is 15.7. The van der Waals surface area contributed by atoms with Gasteiger partial charge in [-0.1, -0.05) is 24.3 Å². The van der Waals surface area contributed by atoms with Crippen LogP contribution >= 0.6 is 0 Å². The standard InChI is InChI=1S/C18H26N2O2/c1-14-6-3-4-7-15(14)12-20-11-8-16-18(13-20,17(21)22)9-5-10-19(16)2/h3-4,6-7,16H,5,8-13H2,1-2H3,(H,21,22)/t16-,18+/m1/s1. The molecule has 0 spiro atoms. The molecule has 1 aromatic rings. The Labute approximate surface area is 132 Å². The highest BCUT2D eigenvalue weighted by Gasteiger charge is 2.52.